The van der Waals surface area contributed by atoms with Crippen LogP contribution in [0.2, 0.25) is 0 Å². The van der Waals surface area contributed by atoms with E-state index >= 15 is 0 Å². The molecule has 0 atom stereocenters. The van der Waals surface area contributed by atoms with Crippen LogP contribution in [0.25, 0.3) is 0 Å². The predicted octanol–water partition coefficient (Wildman–Crippen LogP) is 4.67. The Labute approximate surface area is 151 Å². The molecular weight excluding hydrogens is 407 g/mol. The zero-order valence-electron chi connectivity index (χ0n) is 13.4. The number of hydrogen-bond donors (Lipinski definition) is 2. The molecule has 0 aromatic heterocycles. The molecule has 4 nitrogen and oxygen atoms in total. The standard InChI is InChI=1S/C18H25IO4/c19-16-12-11-14(7-3-1-5-9-17(20)21)15(13-16)8-4-2-6-10-18(22)23/h11-13H,1-10H2,(H,20,21)(H,22,23). The van der Waals surface area contributed by atoms with E-state index in [1.807, 2.05) is 0 Å². The number of carboxylic acids is 2. The van der Waals surface area contributed by atoms with Crippen molar-refractivity contribution >= 4 is 34.5 Å². The van der Waals surface area contributed by atoms with Crippen molar-refractivity contribution < 1.29 is 19.8 Å². The summed E-state index contributed by atoms with van der Waals surface area (Å²) in [4.78, 5) is 21.0. The van der Waals surface area contributed by atoms with Crippen molar-refractivity contribution in [1.29, 1.82) is 0 Å². The normalized spacial score (nSPS) is 10.7. The van der Waals surface area contributed by atoms with E-state index < -0.39 is 11.9 Å². The smallest absolute Gasteiger partial charge is 0.303 e. The second kappa shape index (κ2) is 11.4. The van der Waals surface area contributed by atoms with Gasteiger partial charge in [0.1, 0.15) is 0 Å². The molecule has 0 bridgehead atoms. The molecule has 2 N–H and O–H groups in total. The van der Waals surface area contributed by atoms with E-state index in [9.17, 15) is 9.59 Å². The van der Waals surface area contributed by atoms with Gasteiger partial charge in [-0.15, -0.1) is 0 Å². The van der Waals surface area contributed by atoms with Gasteiger partial charge >= 0.3 is 11.9 Å². The average molecular weight is 432 g/mol. The fourth-order valence-corrected chi connectivity index (χ4v) is 3.16. The van der Waals surface area contributed by atoms with Gasteiger partial charge in [-0.1, -0.05) is 18.9 Å². The number of unbranched alkanes of at least 4 members (excludes halogenated alkanes) is 4. The molecule has 0 radical (unpaired) electrons. The van der Waals surface area contributed by atoms with Gasteiger partial charge in [-0.05, 0) is 84.4 Å². The number of rotatable bonds is 12. The summed E-state index contributed by atoms with van der Waals surface area (Å²) in [7, 11) is 0. The van der Waals surface area contributed by atoms with Crippen LogP contribution in [0.5, 0.6) is 0 Å². The topological polar surface area (TPSA) is 74.6 Å². The lowest BCUT2D eigenvalue weighted by Crippen LogP contribution is -1.98. The molecule has 0 saturated heterocycles. The Morgan fingerprint density at radius 1 is 0.783 bits per heavy atom. The largest absolute Gasteiger partial charge is 0.481 e. The molecule has 0 fully saturated rings. The molecule has 0 aliphatic heterocycles. The van der Waals surface area contributed by atoms with E-state index in [4.69, 9.17) is 10.2 Å². The Kier molecular flexibility index (Phi) is 9.91. The van der Waals surface area contributed by atoms with Crippen LogP contribution in [-0.2, 0) is 22.4 Å². The lowest BCUT2D eigenvalue weighted by atomic mass is 9.97. The molecule has 23 heavy (non-hydrogen) atoms. The highest BCUT2D eigenvalue weighted by molar-refractivity contribution is 14.1. The van der Waals surface area contributed by atoms with Crippen molar-refractivity contribution in [2.45, 2.75) is 64.2 Å². The first-order valence-electron chi connectivity index (χ1n) is 8.20. The highest BCUT2D eigenvalue weighted by Gasteiger charge is 2.05. The van der Waals surface area contributed by atoms with Crippen LogP contribution in [0.4, 0.5) is 0 Å². The van der Waals surface area contributed by atoms with E-state index in [0.29, 0.717) is 0 Å². The molecule has 0 unspecified atom stereocenters. The van der Waals surface area contributed by atoms with Gasteiger partial charge in [0, 0.05) is 16.4 Å². The van der Waals surface area contributed by atoms with Crippen LogP contribution < -0.4 is 0 Å². The second-order valence-electron chi connectivity index (χ2n) is 5.82. The van der Waals surface area contributed by atoms with Gasteiger partial charge in [-0.3, -0.25) is 9.59 Å². The van der Waals surface area contributed by atoms with E-state index in [1.165, 1.54) is 14.7 Å². The molecule has 0 amide bonds. The predicted molar refractivity (Wildman–Crippen MR) is 98.8 cm³/mol. The number of carbonyl (C=O) groups is 2. The van der Waals surface area contributed by atoms with Gasteiger partial charge in [0.2, 0.25) is 0 Å². The van der Waals surface area contributed by atoms with Crippen LogP contribution in [0.3, 0.4) is 0 Å². The van der Waals surface area contributed by atoms with Crippen LogP contribution in [-0.4, -0.2) is 22.2 Å². The zero-order chi connectivity index (χ0) is 17.1. The van der Waals surface area contributed by atoms with Crippen LogP contribution in [0, 0.1) is 3.57 Å². The van der Waals surface area contributed by atoms with Crippen molar-refractivity contribution in [3.63, 3.8) is 0 Å². The molecule has 1 aromatic carbocycles. The van der Waals surface area contributed by atoms with Crippen molar-refractivity contribution in [1.82, 2.24) is 0 Å². The third-order valence-corrected chi connectivity index (χ3v) is 4.51. The third kappa shape index (κ3) is 9.58. The van der Waals surface area contributed by atoms with Crippen molar-refractivity contribution in [2.24, 2.45) is 0 Å². The van der Waals surface area contributed by atoms with Gasteiger partial charge < -0.3 is 10.2 Å². The highest BCUT2D eigenvalue weighted by atomic mass is 127. The van der Waals surface area contributed by atoms with Gasteiger partial charge in [0.25, 0.3) is 0 Å². The second-order valence-corrected chi connectivity index (χ2v) is 7.07. The van der Waals surface area contributed by atoms with E-state index in [0.717, 1.165) is 51.4 Å². The molecule has 0 heterocycles. The average Bonchev–Trinajstić information content (AvgIpc) is 2.47. The Morgan fingerprint density at radius 2 is 1.30 bits per heavy atom. The van der Waals surface area contributed by atoms with Gasteiger partial charge in [0.15, 0.2) is 0 Å². The van der Waals surface area contributed by atoms with Crippen LogP contribution >= 0.6 is 22.6 Å². The minimum absolute atomic E-state index is 0.253. The van der Waals surface area contributed by atoms with E-state index in [2.05, 4.69) is 40.8 Å². The van der Waals surface area contributed by atoms with Crippen molar-refractivity contribution in [3.8, 4) is 0 Å². The number of halogens is 1. The monoisotopic (exact) mass is 432 g/mol. The Hall–Kier alpha value is -1.11. The van der Waals surface area contributed by atoms with Gasteiger partial charge in [0.05, 0.1) is 0 Å². The highest BCUT2D eigenvalue weighted by Crippen LogP contribution is 2.19. The zero-order valence-corrected chi connectivity index (χ0v) is 15.5. The van der Waals surface area contributed by atoms with Gasteiger partial charge in [-0.25, -0.2) is 0 Å². The first-order chi connectivity index (χ1) is 11.0. The summed E-state index contributed by atoms with van der Waals surface area (Å²) in [6, 6.07) is 6.50. The summed E-state index contributed by atoms with van der Waals surface area (Å²) in [5.41, 5.74) is 2.70. The number of aryl methyl sites for hydroxylation is 2. The molecule has 5 heteroatoms. The lowest BCUT2D eigenvalue weighted by molar-refractivity contribution is -0.138. The minimum atomic E-state index is -0.721. The molecule has 0 aliphatic carbocycles. The van der Waals surface area contributed by atoms with Crippen LogP contribution in [0.1, 0.15) is 62.5 Å². The number of hydrogen-bond acceptors (Lipinski definition) is 2. The fraction of sp³-hybridized carbons (Fsp3) is 0.556. The maximum absolute atomic E-state index is 10.5. The van der Waals surface area contributed by atoms with Crippen LogP contribution in [0.15, 0.2) is 18.2 Å². The van der Waals surface area contributed by atoms with Crippen molar-refractivity contribution in [3.05, 3.63) is 32.9 Å². The Bertz CT molecular complexity index is 514. The minimum Gasteiger partial charge on any atom is -0.481 e. The number of carboxylic acid groups (broad SMARTS) is 2. The maximum Gasteiger partial charge on any atom is 0.303 e. The summed E-state index contributed by atoms with van der Waals surface area (Å²) >= 11 is 2.31. The molecule has 0 spiro atoms. The molecule has 1 rings (SSSR count). The summed E-state index contributed by atoms with van der Waals surface area (Å²) in [6.07, 6.45) is 7.87. The first-order valence-corrected chi connectivity index (χ1v) is 9.28. The van der Waals surface area contributed by atoms with Crippen molar-refractivity contribution in [2.75, 3.05) is 0 Å². The van der Waals surface area contributed by atoms with Gasteiger partial charge in [-0.2, -0.15) is 0 Å². The summed E-state index contributed by atoms with van der Waals surface area (Å²) in [5.74, 6) is -1.44. The Balaban J connectivity index is 2.39. The molecule has 0 aliphatic rings. The third-order valence-electron chi connectivity index (χ3n) is 3.84. The number of benzene rings is 1. The molecule has 0 saturated carbocycles. The lowest BCUT2D eigenvalue weighted by Gasteiger charge is -2.10. The fourth-order valence-electron chi connectivity index (χ4n) is 2.61. The van der Waals surface area contributed by atoms with E-state index in [-0.39, 0.29) is 12.8 Å². The number of aliphatic carboxylic acids is 2. The first kappa shape index (κ1) is 19.9. The summed E-state index contributed by atoms with van der Waals surface area (Å²) in [5, 5.41) is 17.3. The molecule has 128 valence electrons. The SMILES string of the molecule is O=C(O)CCCCCc1ccc(I)cc1CCCCCC(=O)O. The summed E-state index contributed by atoms with van der Waals surface area (Å²) < 4.78 is 1.22. The maximum atomic E-state index is 10.5. The molecular formula is C18H25IO4. The quantitative estimate of drug-likeness (QED) is 0.372. The Morgan fingerprint density at radius 3 is 1.83 bits per heavy atom. The molecule has 1 aromatic rings. The van der Waals surface area contributed by atoms with E-state index in [1.54, 1.807) is 0 Å². The summed E-state index contributed by atoms with van der Waals surface area (Å²) in [6.45, 7) is 0.